The molecule has 1 aliphatic rings. The molecule has 0 bridgehead atoms. The Kier molecular flexibility index (Phi) is 3.81. The quantitative estimate of drug-likeness (QED) is 0.694. The maximum Gasteiger partial charge on any atom is 0.417 e. The molecule has 2 aromatic rings. The first kappa shape index (κ1) is 15.2. The number of fused-ring (bicyclic) bond motifs is 1. The highest BCUT2D eigenvalue weighted by molar-refractivity contribution is 6.31. The zero-order valence-corrected chi connectivity index (χ0v) is 12.8. The van der Waals surface area contributed by atoms with Gasteiger partial charge in [0.2, 0.25) is 0 Å². The standard InChI is InChI=1S/C17H15ClF3N/c1-11-3-2-4-12-10-22(8-7-14(11)12)13-5-6-16(18)15(9-13)17(19,20)21/h2-6,9H,7-8,10H2,1H3. The van der Waals surface area contributed by atoms with Gasteiger partial charge in [-0.05, 0) is 48.2 Å². The van der Waals surface area contributed by atoms with E-state index in [0.29, 0.717) is 18.8 Å². The topological polar surface area (TPSA) is 3.24 Å². The number of rotatable bonds is 1. The monoisotopic (exact) mass is 325 g/mol. The van der Waals surface area contributed by atoms with E-state index < -0.39 is 11.7 Å². The fraction of sp³-hybridized carbons (Fsp3) is 0.294. The predicted molar refractivity (Wildman–Crippen MR) is 82.4 cm³/mol. The Labute approximate surface area is 132 Å². The summed E-state index contributed by atoms with van der Waals surface area (Å²) in [5, 5.41) is -0.260. The van der Waals surface area contributed by atoms with Gasteiger partial charge < -0.3 is 4.90 Å². The predicted octanol–water partition coefficient (Wildman–Crippen LogP) is 5.23. The lowest BCUT2D eigenvalue weighted by atomic mass is 9.95. The van der Waals surface area contributed by atoms with Crippen LogP contribution in [0, 0.1) is 6.92 Å². The number of halogens is 4. The molecule has 2 aromatic carbocycles. The molecule has 116 valence electrons. The molecule has 0 unspecified atom stereocenters. The minimum atomic E-state index is -4.43. The van der Waals surface area contributed by atoms with Gasteiger partial charge in [-0.25, -0.2) is 0 Å². The van der Waals surface area contributed by atoms with Crippen LogP contribution in [0.1, 0.15) is 22.3 Å². The Balaban J connectivity index is 1.94. The van der Waals surface area contributed by atoms with E-state index in [1.165, 1.54) is 22.8 Å². The highest BCUT2D eigenvalue weighted by Gasteiger charge is 2.34. The van der Waals surface area contributed by atoms with Crippen molar-refractivity contribution in [2.24, 2.45) is 0 Å². The van der Waals surface area contributed by atoms with Gasteiger partial charge in [-0.1, -0.05) is 29.8 Å². The van der Waals surface area contributed by atoms with Crippen molar-refractivity contribution in [1.29, 1.82) is 0 Å². The first-order valence-electron chi connectivity index (χ1n) is 7.05. The zero-order valence-electron chi connectivity index (χ0n) is 12.0. The fourth-order valence-corrected chi connectivity index (χ4v) is 3.17. The summed E-state index contributed by atoms with van der Waals surface area (Å²) in [5.74, 6) is 0. The van der Waals surface area contributed by atoms with Crippen molar-refractivity contribution in [3.63, 3.8) is 0 Å². The third-order valence-electron chi connectivity index (χ3n) is 4.12. The van der Waals surface area contributed by atoms with Gasteiger partial charge in [0, 0.05) is 18.8 Å². The molecule has 1 nitrogen and oxygen atoms in total. The molecule has 0 spiro atoms. The molecule has 0 fully saturated rings. The molecule has 1 aliphatic heterocycles. The molecule has 1 heterocycles. The summed E-state index contributed by atoms with van der Waals surface area (Å²) in [5.41, 5.74) is 3.51. The highest BCUT2D eigenvalue weighted by atomic mass is 35.5. The normalized spacial score (nSPS) is 14.9. The Morgan fingerprint density at radius 1 is 1.14 bits per heavy atom. The molecule has 0 aliphatic carbocycles. The number of nitrogens with zero attached hydrogens (tertiary/aromatic N) is 1. The summed E-state index contributed by atoms with van der Waals surface area (Å²) in [6.45, 7) is 3.39. The van der Waals surface area contributed by atoms with Crippen LogP contribution in [-0.2, 0) is 19.1 Å². The van der Waals surface area contributed by atoms with Crippen molar-refractivity contribution in [2.75, 3.05) is 11.4 Å². The number of aryl methyl sites for hydroxylation is 1. The number of alkyl halides is 3. The van der Waals surface area contributed by atoms with Gasteiger partial charge in [-0.15, -0.1) is 0 Å². The van der Waals surface area contributed by atoms with Crippen molar-refractivity contribution in [2.45, 2.75) is 26.1 Å². The van der Waals surface area contributed by atoms with Crippen molar-refractivity contribution < 1.29 is 13.2 Å². The van der Waals surface area contributed by atoms with Crippen LogP contribution in [0.2, 0.25) is 5.02 Å². The molecule has 5 heteroatoms. The molecule has 3 rings (SSSR count). The SMILES string of the molecule is Cc1cccc2c1CCN(c1ccc(Cl)c(C(F)(F)F)c1)C2. The summed E-state index contributed by atoms with van der Waals surface area (Å²) in [4.78, 5) is 1.97. The molecule has 22 heavy (non-hydrogen) atoms. The van der Waals surface area contributed by atoms with Gasteiger partial charge in [0.1, 0.15) is 0 Å². The minimum Gasteiger partial charge on any atom is -0.367 e. The summed E-state index contributed by atoms with van der Waals surface area (Å²) >= 11 is 5.68. The van der Waals surface area contributed by atoms with Gasteiger partial charge in [0.05, 0.1) is 10.6 Å². The van der Waals surface area contributed by atoms with Crippen molar-refractivity contribution in [3.8, 4) is 0 Å². The van der Waals surface area contributed by atoms with Crippen LogP contribution in [0.5, 0.6) is 0 Å². The summed E-state index contributed by atoms with van der Waals surface area (Å²) in [6, 6.07) is 10.2. The molecular weight excluding hydrogens is 311 g/mol. The molecular formula is C17H15ClF3N. The van der Waals surface area contributed by atoms with E-state index in [0.717, 1.165) is 12.5 Å². The fourth-order valence-electron chi connectivity index (χ4n) is 2.95. The second-order valence-corrected chi connectivity index (χ2v) is 5.95. The molecule has 0 atom stereocenters. The Hall–Kier alpha value is -1.68. The average Bonchev–Trinajstić information content (AvgIpc) is 2.46. The van der Waals surface area contributed by atoms with E-state index in [9.17, 15) is 13.2 Å². The second kappa shape index (κ2) is 5.51. The van der Waals surface area contributed by atoms with Crippen LogP contribution < -0.4 is 4.90 Å². The van der Waals surface area contributed by atoms with E-state index in [4.69, 9.17) is 11.6 Å². The van der Waals surface area contributed by atoms with E-state index in [2.05, 4.69) is 13.0 Å². The van der Waals surface area contributed by atoms with E-state index in [1.54, 1.807) is 6.07 Å². The Morgan fingerprint density at radius 2 is 1.91 bits per heavy atom. The zero-order chi connectivity index (χ0) is 15.9. The van der Waals surface area contributed by atoms with Crippen LogP contribution in [-0.4, -0.2) is 6.54 Å². The third kappa shape index (κ3) is 2.80. The molecule has 0 aromatic heterocycles. The molecule has 0 N–H and O–H groups in total. The lowest BCUT2D eigenvalue weighted by molar-refractivity contribution is -0.137. The van der Waals surface area contributed by atoms with Crippen LogP contribution in [0.15, 0.2) is 36.4 Å². The van der Waals surface area contributed by atoms with Gasteiger partial charge in [-0.2, -0.15) is 13.2 Å². The van der Waals surface area contributed by atoms with Crippen molar-refractivity contribution in [3.05, 3.63) is 63.7 Å². The van der Waals surface area contributed by atoms with Gasteiger partial charge in [0.15, 0.2) is 0 Å². The van der Waals surface area contributed by atoms with Crippen LogP contribution in [0.3, 0.4) is 0 Å². The van der Waals surface area contributed by atoms with E-state index in [-0.39, 0.29) is 5.02 Å². The second-order valence-electron chi connectivity index (χ2n) is 5.55. The van der Waals surface area contributed by atoms with Crippen LogP contribution in [0.25, 0.3) is 0 Å². The maximum atomic E-state index is 13.0. The van der Waals surface area contributed by atoms with E-state index in [1.807, 2.05) is 17.0 Å². The number of benzene rings is 2. The average molecular weight is 326 g/mol. The first-order chi connectivity index (χ1) is 10.4. The number of hydrogen-bond acceptors (Lipinski definition) is 1. The van der Waals surface area contributed by atoms with Gasteiger partial charge >= 0.3 is 6.18 Å². The lowest BCUT2D eigenvalue weighted by Crippen LogP contribution is -2.31. The smallest absolute Gasteiger partial charge is 0.367 e. The molecule has 0 saturated heterocycles. The third-order valence-corrected chi connectivity index (χ3v) is 4.45. The van der Waals surface area contributed by atoms with Crippen LogP contribution in [0.4, 0.5) is 18.9 Å². The molecule has 0 saturated carbocycles. The minimum absolute atomic E-state index is 0.260. The van der Waals surface area contributed by atoms with Crippen molar-refractivity contribution in [1.82, 2.24) is 0 Å². The molecule has 0 radical (unpaired) electrons. The lowest BCUT2D eigenvalue weighted by Gasteiger charge is -2.32. The first-order valence-corrected chi connectivity index (χ1v) is 7.43. The summed E-state index contributed by atoms with van der Waals surface area (Å²) in [7, 11) is 0. The van der Waals surface area contributed by atoms with Crippen molar-refractivity contribution >= 4 is 17.3 Å². The maximum absolute atomic E-state index is 13.0. The molecule has 0 amide bonds. The summed E-state index contributed by atoms with van der Waals surface area (Å²) in [6.07, 6.45) is -3.59. The highest BCUT2D eigenvalue weighted by Crippen LogP contribution is 2.37. The number of hydrogen-bond donors (Lipinski definition) is 0. The van der Waals surface area contributed by atoms with Gasteiger partial charge in [0.25, 0.3) is 0 Å². The van der Waals surface area contributed by atoms with Gasteiger partial charge in [-0.3, -0.25) is 0 Å². The summed E-state index contributed by atoms with van der Waals surface area (Å²) < 4.78 is 39.0. The van der Waals surface area contributed by atoms with Crippen LogP contribution >= 0.6 is 11.6 Å². The Morgan fingerprint density at radius 3 is 2.64 bits per heavy atom. The number of anilines is 1. The Bertz CT molecular complexity index is 710. The van der Waals surface area contributed by atoms with E-state index >= 15 is 0 Å². The largest absolute Gasteiger partial charge is 0.417 e.